The van der Waals surface area contributed by atoms with E-state index in [1.165, 1.54) is 0 Å². The number of aliphatic hydroxyl groups is 1. The monoisotopic (exact) mass is 540 g/mol. The highest BCUT2D eigenvalue weighted by atomic mass is 79.9. The molecule has 0 aromatic heterocycles. The van der Waals surface area contributed by atoms with Crippen LogP contribution in [0, 0.1) is 0 Å². The lowest BCUT2D eigenvalue weighted by Crippen LogP contribution is -2.13. The summed E-state index contributed by atoms with van der Waals surface area (Å²) in [5, 5.41) is 25.0. The SMILES string of the molecule is CCO.O=C(O)c1c(Br)c(Br)c(Br)c(Br)c1C(=O)OO. The summed E-state index contributed by atoms with van der Waals surface area (Å²) in [4.78, 5) is 26.0. The molecule has 0 aliphatic heterocycles. The van der Waals surface area contributed by atoms with Crippen molar-refractivity contribution in [3.05, 3.63) is 29.0 Å². The lowest BCUT2D eigenvalue weighted by Gasteiger charge is -2.12. The fraction of sp³-hybridized carbons (Fsp3) is 0.200. The number of rotatable bonds is 2. The van der Waals surface area contributed by atoms with Gasteiger partial charge in [-0.25, -0.2) is 9.59 Å². The highest BCUT2D eigenvalue weighted by molar-refractivity contribution is 9.15. The van der Waals surface area contributed by atoms with Gasteiger partial charge in [0.15, 0.2) is 0 Å². The molecule has 0 saturated heterocycles. The van der Waals surface area contributed by atoms with Crippen LogP contribution in [0.5, 0.6) is 0 Å². The normalized spacial score (nSPS) is 9.55. The topological polar surface area (TPSA) is 104 Å². The standard InChI is InChI=1S/C8H2Br4O5.C2H6O/c9-3-1(7(13)14)2(8(15)17-16)4(10)6(12)5(3)11;1-2-3/h16H,(H,13,14);3H,2H2,1H3. The Labute approximate surface area is 147 Å². The number of carboxylic acid groups (broad SMARTS) is 1. The van der Waals surface area contributed by atoms with Crippen LogP contribution in [0.3, 0.4) is 0 Å². The van der Waals surface area contributed by atoms with Crippen LogP contribution in [0.2, 0.25) is 0 Å². The Morgan fingerprint density at radius 1 is 1.00 bits per heavy atom. The summed E-state index contributed by atoms with van der Waals surface area (Å²) in [6, 6.07) is 0. The van der Waals surface area contributed by atoms with Crippen molar-refractivity contribution in [1.82, 2.24) is 0 Å². The minimum absolute atomic E-state index is 0.153. The fourth-order valence-corrected chi connectivity index (χ4v) is 3.52. The molecule has 0 unspecified atom stereocenters. The van der Waals surface area contributed by atoms with Gasteiger partial charge in [0.25, 0.3) is 0 Å². The van der Waals surface area contributed by atoms with Crippen molar-refractivity contribution in [3.8, 4) is 0 Å². The zero-order valence-corrected chi connectivity index (χ0v) is 16.1. The number of aromatic carboxylic acids is 1. The van der Waals surface area contributed by atoms with Gasteiger partial charge >= 0.3 is 11.9 Å². The highest BCUT2D eigenvalue weighted by Gasteiger charge is 2.28. The van der Waals surface area contributed by atoms with E-state index in [0.29, 0.717) is 8.95 Å². The Morgan fingerprint density at radius 3 is 1.65 bits per heavy atom. The molecule has 6 nitrogen and oxygen atoms in total. The van der Waals surface area contributed by atoms with Crippen molar-refractivity contribution < 1.29 is 29.9 Å². The fourth-order valence-electron chi connectivity index (χ4n) is 1.07. The predicted octanol–water partition coefficient (Wildman–Crippen LogP) is 4.06. The van der Waals surface area contributed by atoms with E-state index in [1.54, 1.807) is 6.92 Å². The average Bonchev–Trinajstić information content (AvgIpc) is 2.39. The number of carbonyl (C=O) groups is 2. The third-order valence-electron chi connectivity index (χ3n) is 1.77. The van der Waals surface area contributed by atoms with E-state index in [1.807, 2.05) is 0 Å². The zero-order chi connectivity index (χ0) is 16.0. The number of hydrogen-bond acceptors (Lipinski definition) is 5. The van der Waals surface area contributed by atoms with Crippen molar-refractivity contribution in [1.29, 1.82) is 0 Å². The van der Waals surface area contributed by atoms with Crippen molar-refractivity contribution >= 4 is 75.7 Å². The number of carboxylic acids is 1. The molecule has 1 aromatic carbocycles. The van der Waals surface area contributed by atoms with E-state index in [-0.39, 0.29) is 26.7 Å². The van der Waals surface area contributed by atoms with Crippen molar-refractivity contribution in [2.75, 3.05) is 6.61 Å². The van der Waals surface area contributed by atoms with Crippen LogP contribution >= 0.6 is 63.7 Å². The molecule has 112 valence electrons. The lowest BCUT2D eigenvalue weighted by molar-refractivity contribution is -0.182. The minimum Gasteiger partial charge on any atom is -0.478 e. The number of halogens is 4. The Kier molecular flexibility index (Phi) is 9.11. The Balaban J connectivity index is 0.00000110. The third-order valence-corrected chi connectivity index (χ3v) is 6.54. The molecule has 0 aliphatic carbocycles. The predicted molar refractivity (Wildman–Crippen MR) is 85.0 cm³/mol. The van der Waals surface area contributed by atoms with Crippen LogP contribution in [0.4, 0.5) is 0 Å². The van der Waals surface area contributed by atoms with Gasteiger partial charge < -0.3 is 10.2 Å². The summed E-state index contributed by atoms with van der Waals surface area (Å²) in [6.07, 6.45) is 0. The van der Waals surface area contributed by atoms with E-state index >= 15 is 0 Å². The molecule has 0 radical (unpaired) electrons. The molecule has 20 heavy (non-hydrogen) atoms. The molecule has 0 amide bonds. The maximum atomic E-state index is 11.4. The summed E-state index contributed by atoms with van der Waals surface area (Å²) < 4.78 is 1.13. The molecule has 0 fully saturated rings. The molecular weight excluding hydrogens is 536 g/mol. The quantitative estimate of drug-likeness (QED) is 0.225. The summed E-state index contributed by atoms with van der Waals surface area (Å²) >= 11 is 12.4. The number of carbonyl (C=O) groups excluding carboxylic acids is 1. The maximum Gasteiger partial charge on any atom is 0.374 e. The van der Waals surface area contributed by atoms with Crippen molar-refractivity contribution in [2.24, 2.45) is 0 Å². The van der Waals surface area contributed by atoms with Gasteiger partial charge in [-0.3, -0.25) is 4.89 Å². The van der Waals surface area contributed by atoms with E-state index in [9.17, 15) is 9.59 Å². The van der Waals surface area contributed by atoms with E-state index in [0.717, 1.165) is 0 Å². The molecule has 0 bridgehead atoms. The first kappa shape index (κ1) is 20.0. The van der Waals surface area contributed by atoms with Gasteiger partial charge in [0.2, 0.25) is 0 Å². The summed E-state index contributed by atoms with van der Waals surface area (Å²) in [5.74, 6) is -2.52. The largest absolute Gasteiger partial charge is 0.478 e. The molecule has 0 saturated carbocycles. The van der Waals surface area contributed by atoms with Crippen LogP contribution in [0.25, 0.3) is 0 Å². The molecule has 0 atom stereocenters. The van der Waals surface area contributed by atoms with Gasteiger partial charge in [0.05, 0.1) is 11.1 Å². The molecule has 10 heteroatoms. The molecule has 0 aliphatic rings. The second kappa shape index (κ2) is 9.11. The van der Waals surface area contributed by atoms with E-state index in [4.69, 9.17) is 15.5 Å². The van der Waals surface area contributed by atoms with Crippen LogP contribution < -0.4 is 0 Å². The Bertz CT molecular complexity index is 531. The zero-order valence-electron chi connectivity index (χ0n) is 9.79. The Hall–Kier alpha value is -0.000000000000000187. The summed E-state index contributed by atoms with van der Waals surface area (Å²) in [6.45, 7) is 1.93. The highest BCUT2D eigenvalue weighted by Crippen LogP contribution is 2.42. The first-order chi connectivity index (χ1) is 9.24. The lowest BCUT2D eigenvalue weighted by atomic mass is 10.1. The van der Waals surface area contributed by atoms with E-state index < -0.39 is 11.9 Å². The molecule has 3 N–H and O–H groups in total. The van der Waals surface area contributed by atoms with Crippen LogP contribution in [0.1, 0.15) is 27.6 Å². The molecule has 1 rings (SSSR count). The molecule has 0 heterocycles. The van der Waals surface area contributed by atoms with Crippen LogP contribution in [-0.2, 0) is 4.89 Å². The summed E-state index contributed by atoms with van der Waals surface area (Å²) in [7, 11) is 0. The van der Waals surface area contributed by atoms with Crippen LogP contribution in [-0.4, -0.2) is 34.0 Å². The van der Waals surface area contributed by atoms with E-state index in [2.05, 4.69) is 68.6 Å². The van der Waals surface area contributed by atoms with Crippen LogP contribution in [0.15, 0.2) is 17.9 Å². The first-order valence-electron chi connectivity index (χ1n) is 4.80. The molecule has 1 aromatic rings. The Morgan fingerprint density at radius 2 is 1.35 bits per heavy atom. The average molecular weight is 544 g/mol. The van der Waals surface area contributed by atoms with Gasteiger partial charge in [-0.1, -0.05) is 0 Å². The van der Waals surface area contributed by atoms with Gasteiger partial charge in [0.1, 0.15) is 0 Å². The van der Waals surface area contributed by atoms with Crippen molar-refractivity contribution in [3.63, 3.8) is 0 Å². The van der Waals surface area contributed by atoms with Gasteiger partial charge in [-0.05, 0) is 70.6 Å². The molecular formula is C10H8Br4O6. The van der Waals surface area contributed by atoms with Gasteiger partial charge in [-0.2, -0.15) is 5.26 Å². The van der Waals surface area contributed by atoms with Gasteiger partial charge in [-0.15, -0.1) is 0 Å². The minimum atomic E-state index is -1.34. The van der Waals surface area contributed by atoms with Crippen molar-refractivity contribution in [2.45, 2.75) is 6.92 Å². The molecule has 0 spiro atoms. The number of hydrogen-bond donors (Lipinski definition) is 3. The maximum absolute atomic E-state index is 11.4. The van der Waals surface area contributed by atoms with Gasteiger partial charge in [0, 0.05) is 24.5 Å². The number of aliphatic hydroxyl groups excluding tert-OH is 1. The smallest absolute Gasteiger partial charge is 0.374 e. The second-order valence-electron chi connectivity index (χ2n) is 3.01. The first-order valence-corrected chi connectivity index (χ1v) is 7.97. The summed E-state index contributed by atoms with van der Waals surface area (Å²) in [5.41, 5.74) is -0.632. The third kappa shape index (κ3) is 4.50. The number of benzene rings is 1. The second-order valence-corrected chi connectivity index (χ2v) is 6.18.